The molecule has 1 aromatic carbocycles. The molecule has 0 aromatic heterocycles. The lowest BCUT2D eigenvalue weighted by molar-refractivity contribution is 0.411. The molecule has 11 heavy (non-hydrogen) atoms. The first kappa shape index (κ1) is 8.94. The van der Waals surface area contributed by atoms with Crippen molar-refractivity contribution in [3.8, 4) is 5.75 Å². The van der Waals surface area contributed by atoms with Crippen LogP contribution in [-0.2, 0) is 0 Å². The molecule has 0 aliphatic carbocycles. The maximum Gasteiger partial charge on any atom is 0.134 e. The number of thioether (sulfide) groups is 1. The van der Waals surface area contributed by atoms with E-state index in [1.54, 1.807) is 18.9 Å². The van der Waals surface area contributed by atoms with Crippen molar-refractivity contribution in [2.45, 2.75) is 4.90 Å². The summed E-state index contributed by atoms with van der Waals surface area (Å²) < 4.78 is 6.16. The van der Waals surface area contributed by atoms with E-state index >= 15 is 0 Å². The topological polar surface area (TPSA) is 9.23 Å². The van der Waals surface area contributed by atoms with Crippen LogP contribution >= 0.6 is 27.7 Å². The maximum atomic E-state index is 5.13. The molecule has 0 heterocycles. The van der Waals surface area contributed by atoms with Gasteiger partial charge in [-0.05, 0) is 34.3 Å². The van der Waals surface area contributed by atoms with Crippen LogP contribution < -0.4 is 4.74 Å². The summed E-state index contributed by atoms with van der Waals surface area (Å²) in [5, 5.41) is 0. The molecule has 0 saturated carbocycles. The van der Waals surface area contributed by atoms with Crippen LogP contribution in [0.2, 0.25) is 0 Å². The molecule has 0 N–H and O–H groups in total. The number of halogens is 1. The maximum absolute atomic E-state index is 5.13. The van der Waals surface area contributed by atoms with Gasteiger partial charge in [0, 0.05) is 4.90 Å². The van der Waals surface area contributed by atoms with Gasteiger partial charge in [-0.3, -0.25) is 0 Å². The second-order valence-corrected chi connectivity index (χ2v) is 3.62. The molecule has 0 amide bonds. The van der Waals surface area contributed by atoms with Gasteiger partial charge in [0.15, 0.2) is 0 Å². The summed E-state index contributed by atoms with van der Waals surface area (Å²) in [7, 11) is 1.67. The van der Waals surface area contributed by atoms with E-state index in [1.165, 1.54) is 4.90 Å². The van der Waals surface area contributed by atoms with Gasteiger partial charge >= 0.3 is 0 Å². The van der Waals surface area contributed by atoms with E-state index in [2.05, 4.69) is 22.0 Å². The quantitative estimate of drug-likeness (QED) is 0.725. The molecule has 0 atom stereocenters. The summed E-state index contributed by atoms with van der Waals surface area (Å²) >= 11 is 5.15. The zero-order valence-electron chi connectivity index (χ0n) is 6.43. The van der Waals surface area contributed by atoms with Crippen molar-refractivity contribution in [3.05, 3.63) is 22.7 Å². The van der Waals surface area contributed by atoms with Crippen LogP contribution in [0.25, 0.3) is 0 Å². The number of rotatable bonds is 2. The van der Waals surface area contributed by atoms with E-state index in [0.29, 0.717) is 0 Å². The van der Waals surface area contributed by atoms with Gasteiger partial charge in [0.2, 0.25) is 0 Å². The third-order valence-electron chi connectivity index (χ3n) is 1.37. The third kappa shape index (κ3) is 1.91. The minimum absolute atomic E-state index is 0.886. The zero-order valence-corrected chi connectivity index (χ0v) is 8.83. The number of ether oxygens (including phenoxy) is 1. The summed E-state index contributed by atoms with van der Waals surface area (Å²) in [4.78, 5) is 1.20. The normalized spacial score (nSPS) is 9.73. The number of hydrogen-bond acceptors (Lipinski definition) is 2. The van der Waals surface area contributed by atoms with Gasteiger partial charge < -0.3 is 4.74 Å². The smallest absolute Gasteiger partial charge is 0.134 e. The largest absolute Gasteiger partial charge is 0.496 e. The summed E-state index contributed by atoms with van der Waals surface area (Å²) in [6, 6.07) is 5.97. The number of methoxy groups -OCH3 is 1. The van der Waals surface area contributed by atoms with Crippen molar-refractivity contribution in [2.75, 3.05) is 13.4 Å². The molecule has 1 rings (SSSR count). The molecule has 0 radical (unpaired) electrons. The Kier molecular flexibility index (Phi) is 3.27. The second kappa shape index (κ2) is 4.02. The predicted octanol–water partition coefficient (Wildman–Crippen LogP) is 3.18. The number of hydrogen-bond donors (Lipinski definition) is 0. The third-order valence-corrected chi connectivity index (χ3v) is 3.23. The average molecular weight is 233 g/mol. The molecule has 0 bridgehead atoms. The van der Waals surface area contributed by atoms with Crippen LogP contribution in [0.3, 0.4) is 0 Å². The zero-order chi connectivity index (χ0) is 8.27. The highest BCUT2D eigenvalue weighted by Crippen LogP contribution is 2.33. The molecule has 60 valence electrons. The lowest BCUT2D eigenvalue weighted by Crippen LogP contribution is -1.84. The van der Waals surface area contributed by atoms with Crippen molar-refractivity contribution in [3.63, 3.8) is 0 Å². The van der Waals surface area contributed by atoms with Crippen molar-refractivity contribution < 1.29 is 4.74 Å². The van der Waals surface area contributed by atoms with Gasteiger partial charge in [-0.25, -0.2) is 0 Å². The van der Waals surface area contributed by atoms with Gasteiger partial charge in [0.25, 0.3) is 0 Å². The van der Waals surface area contributed by atoms with Crippen molar-refractivity contribution in [1.29, 1.82) is 0 Å². The van der Waals surface area contributed by atoms with Crippen LogP contribution in [0.1, 0.15) is 0 Å². The van der Waals surface area contributed by atoms with Crippen LogP contribution in [0.4, 0.5) is 0 Å². The summed E-state index contributed by atoms with van der Waals surface area (Å²) in [6.45, 7) is 0. The van der Waals surface area contributed by atoms with Crippen molar-refractivity contribution in [1.82, 2.24) is 0 Å². The Hall–Kier alpha value is -0.150. The Morgan fingerprint density at radius 2 is 2.18 bits per heavy atom. The molecule has 3 heteroatoms. The SMILES string of the molecule is COc1cccc(SC)c1Br. The molecular formula is C8H9BrOS. The van der Waals surface area contributed by atoms with E-state index in [-0.39, 0.29) is 0 Å². The van der Waals surface area contributed by atoms with E-state index in [1.807, 2.05) is 18.4 Å². The van der Waals surface area contributed by atoms with Crippen LogP contribution in [0, 0.1) is 0 Å². The van der Waals surface area contributed by atoms with Crippen LogP contribution in [0.15, 0.2) is 27.6 Å². The minimum Gasteiger partial charge on any atom is -0.496 e. The Bertz CT molecular complexity index is 228. The van der Waals surface area contributed by atoms with Gasteiger partial charge in [-0.15, -0.1) is 11.8 Å². The van der Waals surface area contributed by atoms with Crippen LogP contribution in [0.5, 0.6) is 5.75 Å². The fourth-order valence-electron chi connectivity index (χ4n) is 0.806. The average Bonchev–Trinajstić information content (AvgIpc) is 2.05. The second-order valence-electron chi connectivity index (χ2n) is 1.98. The van der Waals surface area contributed by atoms with E-state index in [9.17, 15) is 0 Å². The first-order chi connectivity index (χ1) is 5.29. The molecule has 0 saturated heterocycles. The highest BCUT2D eigenvalue weighted by Gasteiger charge is 2.02. The molecule has 0 aliphatic heterocycles. The Labute approximate surface area is 79.3 Å². The van der Waals surface area contributed by atoms with Crippen LogP contribution in [-0.4, -0.2) is 13.4 Å². The monoisotopic (exact) mass is 232 g/mol. The Morgan fingerprint density at radius 3 is 2.73 bits per heavy atom. The lowest BCUT2D eigenvalue weighted by Gasteiger charge is -2.05. The van der Waals surface area contributed by atoms with E-state index in [4.69, 9.17) is 4.74 Å². The van der Waals surface area contributed by atoms with Crippen molar-refractivity contribution >= 4 is 27.7 Å². The highest BCUT2D eigenvalue weighted by atomic mass is 79.9. The predicted molar refractivity (Wildman–Crippen MR) is 52.5 cm³/mol. The molecule has 0 spiro atoms. The molecule has 1 aromatic rings. The lowest BCUT2D eigenvalue weighted by atomic mass is 10.3. The summed E-state index contributed by atoms with van der Waals surface area (Å²) in [5.74, 6) is 0.886. The fraction of sp³-hybridized carbons (Fsp3) is 0.250. The van der Waals surface area contributed by atoms with Gasteiger partial charge in [0.1, 0.15) is 5.75 Å². The Morgan fingerprint density at radius 1 is 1.45 bits per heavy atom. The van der Waals surface area contributed by atoms with Gasteiger partial charge in [-0.2, -0.15) is 0 Å². The van der Waals surface area contributed by atoms with Gasteiger partial charge in [0.05, 0.1) is 11.6 Å². The fourth-order valence-corrected chi connectivity index (χ4v) is 2.21. The molecule has 0 unspecified atom stereocenters. The summed E-state index contributed by atoms with van der Waals surface area (Å²) in [5.41, 5.74) is 0. The Balaban J connectivity index is 3.10. The first-order valence-corrected chi connectivity index (χ1v) is 5.18. The first-order valence-electron chi connectivity index (χ1n) is 3.16. The minimum atomic E-state index is 0.886. The van der Waals surface area contributed by atoms with Crippen molar-refractivity contribution in [2.24, 2.45) is 0 Å². The van der Waals surface area contributed by atoms with Gasteiger partial charge in [-0.1, -0.05) is 6.07 Å². The highest BCUT2D eigenvalue weighted by molar-refractivity contribution is 9.10. The molecule has 0 aliphatic rings. The molecule has 0 fully saturated rings. The van der Waals surface area contributed by atoms with E-state index < -0.39 is 0 Å². The summed E-state index contributed by atoms with van der Waals surface area (Å²) in [6.07, 6.45) is 2.04. The molecule has 1 nitrogen and oxygen atoms in total. The van der Waals surface area contributed by atoms with E-state index in [0.717, 1.165) is 10.2 Å². The molecular weight excluding hydrogens is 224 g/mol. The standard InChI is InChI=1S/C8H9BrOS/c1-10-6-4-3-5-7(11-2)8(6)9/h3-5H,1-2H3. The number of benzene rings is 1.